The van der Waals surface area contributed by atoms with Crippen molar-refractivity contribution < 1.29 is 11.0 Å². The maximum atomic E-state index is 2.70. The number of rotatable bonds is 2. The van der Waals surface area contributed by atoms with E-state index in [0.717, 1.165) is 0 Å². The van der Waals surface area contributed by atoms with Crippen LogP contribution in [0.15, 0.2) is 0 Å². The average Bonchev–Trinajstić information content (AvgIpc) is 1.41. The van der Waals surface area contributed by atoms with Gasteiger partial charge in [-0.1, -0.05) is 19.8 Å². The smallest absolute Gasteiger partial charge is 0.0381 e. The van der Waals surface area contributed by atoms with Crippen LogP contribution in [0.5, 0.6) is 0 Å². The summed E-state index contributed by atoms with van der Waals surface area (Å²) in [5.74, 6) is 0. The Labute approximate surface area is 47.1 Å². The summed E-state index contributed by atoms with van der Waals surface area (Å²) in [5.41, 5.74) is 0. The quantitative estimate of drug-likeness (QED) is 0.468. The predicted molar refractivity (Wildman–Crippen MR) is 36.7 cm³/mol. The molecule has 0 aromatic carbocycles. The minimum absolute atomic E-state index is 0. The Morgan fingerprint density at radius 1 is 1.29 bits per heavy atom. The van der Waals surface area contributed by atoms with Crippen LogP contribution in [0, 0.1) is 0 Å². The van der Waals surface area contributed by atoms with E-state index in [1.54, 1.807) is 0 Å². The van der Waals surface area contributed by atoms with E-state index in [1.807, 2.05) is 0 Å². The zero-order valence-electron chi connectivity index (χ0n) is 4.70. The molecule has 0 fully saturated rings. The number of hydrogen-bond acceptors (Lipinski definition) is 0. The minimum atomic E-state index is 0. The molecule has 0 radical (unpaired) electrons. The Morgan fingerprint density at radius 3 is 1.71 bits per heavy atom. The van der Waals surface area contributed by atoms with E-state index in [2.05, 4.69) is 16.2 Å². The molecule has 48 valence electrons. The van der Waals surface area contributed by atoms with Crippen LogP contribution in [0.3, 0.4) is 0 Å². The van der Waals surface area contributed by atoms with Gasteiger partial charge in [-0.2, -0.15) is 0 Å². The van der Waals surface area contributed by atoms with E-state index in [0.29, 0.717) is 0 Å². The molecule has 0 aromatic rings. The van der Waals surface area contributed by atoms with E-state index < -0.39 is 0 Å². The zero-order valence-corrected chi connectivity index (χ0v) is 5.85. The molecular weight excluding hydrogens is 111 g/mol. The molecule has 1 unspecified atom stereocenters. The molecule has 0 saturated heterocycles. The molecule has 0 aliphatic rings. The summed E-state index contributed by atoms with van der Waals surface area (Å²) in [4.78, 5) is 0. The molecule has 1 atom stereocenters. The van der Waals surface area contributed by atoms with Crippen molar-refractivity contribution >= 4 is 9.24 Å². The van der Waals surface area contributed by atoms with Crippen molar-refractivity contribution in [2.45, 2.75) is 19.8 Å². The molecule has 0 bridgehead atoms. The van der Waals surface area contributed by atoms with Crippen LogP contribution in [-0.2, 0) is 0 Å². The number of unbranched alkanes of at least 4 members (excludes halogenated alkanes) is 1. The van der Waals surface area contributed by atoms with Crippen molar-refractivity contribution in [3.8, 4) is 0 Å². The third-order valence-electron chi connectivity index (χ3n) is 0.558. The Kier molecular flexibility index (Phi) is 36.2. The van der Waals surface area contributed by atoms with Crippen molar-refractivity contribution in [3.05, 3.63) is 0 Å². The van der Waals surface area contributed by atoms with E-state index in [9.17, 15) is 0 Å². The van der Waals surface area contributed by atoms with Crippen LogP contribution in [-0.4, -0.2) is 17.1 Å². The Balaban J connectivity index is -0.0000000800. The van der Waals surface area contributed by atoms with Crippen LogP contribution in [0.4, 0.5) is 0 Å². The summed E-state index contributed by atoms with van der Waals surface area (Å²) in [5, 5.41) is 0. The lowest BCUT2D eigenvalue weighted by Crippen LogP contribution is -1.64. The Bertz CT molecular complexity index is 17.2. The molecule has 0 saturated carbocycles. The van der Waals surface area contributed by atoms with Crippen LogP contribution in [0.25, 0.3) is 0 Å². The lowest BCUT2D eigenvalue weighted by molar-refractivity contribution is 0.823. The first-order valence-electron chi connectivity index (χ1n) is 2.12. The van der Waals surface area contributed by atoms with E-state index in [-0.39, 0.29) is 11.0 Å². The molecule has 0 spiro atoms. The molecule has 0 rings (SSSR count). The fourth-order valence-corrected chi connectivity index (χ4v) is 0.612. The molecule has 2 nitrogen and oxygen atoms in total. The van der Waals surface area contributed by atoms with Gasteiger partial charge in [-0.05, 0) is 6.16 Å². The second-order valence-electron chi connectivity index (χ2n) is 1.14. The maximum absolute atomic E-state index is 2.70. The van der Waals surface area contributed by atoms with Gasteiger partial charge in [0.1, 0.15) is 0 Å². The van der Waals surface area contributed by atoms with Gasteiger partial charge in [0.2, 0.25) is 0 Å². The molecule has 7 heavy (non-hydrogen) atoms. The first-order chi connectivity index (χ1) is 2.41. The van der Waals surface area contributed by atoms with E-state index >= 15 is 0 Å². The third kappa shape index (κ3) is 21.8. The highest BCUT2D eigenvalue weighted by atomic mass is 31.0. The SMILES string of the molecule is CCCCP.O.O. The van der Waals surface area contributed by atoms with Crippen molar-refractivity contribution in [1.82, 2.24) is 0 Å². The average molecular weight is 126 g/mol. The molecule has 0 aliphatic heterocycles. The molecule has 3 heteroatoms. The highest BCUT2D eigenvalue weighted by molar-refractivity contribution is 7.16. The molecule has 4 N–H and O–H groups in total. The highest BCUT2D eigenvalue weighted by Gasteiger charge is 1.68. The standard InChI is InChI=1S/C4H11P.2H2O/c1-2-3-4-5;;/h2-5H2,1H3;2*1H2. The highest BCUT2D eigenvalue weighted by Crippen LogP contribution is 1.89. The van der Waals surface area contributed by atoms with Gasteiger partial charge in [0.25, 0.3) is 0 Å². The van der Waals surface area contributed by atoms with Crippen LogP contribution >= 0.6 is 9.24 Å². The van der Waals surface area contributed by atoms with Crippen molar-refractivity contribution in [2.24, 2.45) is 0 Å². The van der Waals surface area contributed by atoms with Gasteiger partial charge in [-0.15, -0.1) is 9.24 Å². The van der Waals surface area contributed by atoms with E-state index in [1.165, 1.54) is 19.0 Å². The van der Waals surface area contributed by atoms with Crippen molar-refractivity contribution in [2.75, 3.05) is 6.16 Å². The molecule has 0 aliphatic carbocycles. The maximum Gasteiger partial charge on any atom is -0.0381 e. The zero-order chi connectivity index (χ0) is 4.12. The van der Waals surface area contributed by atoms with Gasteiger partial charge < -0.3 is 11.0 Å². The number of hydrogen-bond donors (Lipinski definition) is 0. The fourth-order valence-electron chi connectivity index (χ4n) is 0.204. The van der Waals surface area contributed by atoms with Crippen LogP contribution in [0.1, 0.15) is 19.8 Å². The predicted octanol–water partition coefficient (Wildman–Crippen LogP) is 0.0122. The van der Waals surface area contributed by atoms with Crippen molar-refractivity contribution in [1.29, 1.82) is 0 Å². The molecular formula is C4H15O2P. The summed E-state index contributed by atoms with van der Waals surface area (Å²) >= 11 is 0. The van der Waals surface area contributed by atoms with Gasteiger partial charge in [-0.25, -0.2) is 0 Å². The minimum Gasteiger partial charge on any atom is -0.412 e. The summed E-state index contributed by atoms with van der Waals surface area (Å²) in [6.07, 6.45) is 3.94. The topological polar surface area (TPSA) is 63.0 Å². The first kappa shape index (κ1) is 15.7. The largest absolute Gasteiger partial charge is 0.412 e. The Hall–Kier alpha value is 0.350. The second kappa shape index (κ2) is 16.2. The normalized spacial score (nSPS) is 6.00. The lowest BCUT2D eigenvalue weighted by Gasteiger charge is -1.79. The second-order valence-corrected chi connectivity index (χ2v) is 1.72. The van der Waals surface area contributed by atoms with Crippen LogP contribution < -0.4 is 0 Å². The summed E-state index contributed by atoms with van der Waals surface area (Å²) < 4.78 is 0. The third-order valence-corrected chi connectivity index (χ3v) is 0.966. The van der Waals surface area contributed by atoms with Gasteiger partial charge in [0.15, 0.2) is 0 Å². The Morgan fingerprint density at radius 2 is 1.71 bits per heavy atom. The molecule has 0 heterocycles. The van der Waals surface area contributed by atoms with E-state index in [4.69, 9.17) is 0 Å². The van der Waals surface area contributed by atoms with Gasteiger partial charge >= 0.3 is 0 Å². The molecule has 0 amide bonds. The van der Waals surface area contributed by atoms with Crippen LogP contribution in [0.2, 0.25) is 0 Å². The fraction of sp³-hybridized carbons (Fsp3) is 1.00. The lowest BCUT2D eigenvalue weighted by atomic mass is 10.4. The molecule has 0 aromatic heterocycles. The van der Waals surface area contributed by atoms with Gasteiger partial charge in [0, 0.05) is 0 Å². The monoisotopic (exact) mass is 126 g/mol. The summed E-state index contributed by atoms with van der Waals surface area (Å²) in [6, 6.07) is 0. The van der Waals surface area contributed by atoms with Crippen molar-refractivity contribution in [3.63, 3.8) is 0 Å². The summed E-state index contributed by atoms with van der Waals surface area (Å²) in [7, 11) is 2.70. The first-order valence-corrected chi connectivity index (χ1v) is 2.93. The van der Waals surface area contributed by atoms with Gasteiger partial charge in [0.05, 0.1) is 0 Å². The van der Waals surface area contributed by atoms with Gasteiger partial charge in [-0.3, -0.25) is 0 Å². The summed E-state index contributed by atoms with van der Waals surface area (Å²) in [6.45, 7) is 2.20.